The number of carbonyl (C=O) groups excluding carboxylic acids is 3. The van der Waals surface area contributed by atoms with Crippen molar-refractivity contribution in [3.8, 4) is 0 Å². The third kappa shape index (κ3) is 5.73. The third-order valence-corrected chi connectivity index (χ3v) is 6.82. The van der Waals surface area contributed by atoms with E-state index in [-0.39, 0.29) is 38.8 Å². The van der Waals surface area contributed by atoms with Crippen molar-refractivity contribution in [1.82, 2.24) is 30.0 Å². The summed E-state index contributed by atoms with van der Waals surface area (Å²) in [5.74, 6) is -4.93. The molecule has 196 valence electrons. The molecule has 1 aliphatic heterocycles. The summed E-state index contributed by atoms with van der Waals surface area (Å²) < 4.78 is 1.16. The zero-order valence-corrected chi connectivity index (χ0v) is 21.5. The molecule has 0 aromatic carbocycles. The van der Waals surface area contributed by atoms with Gasteiger partial charge in [0.2, 0.25) is 0 Å². The summed E-state index contributed by atoms with van der Waals surface area (Å²) in [6.45, 7) is 0. The van der Waals surface area contributed by atoms with E-state index in [1.807, 2.05) is 0 Å². The fourth-order valence-electron chi connectivity index (χ4n) is 2.98. The monoisotopic (exact) mass is 570 g/mol. The Morgan fingerprint density at radius 1 is 1.32 bits per heavy atom. The van der Waals surface area contributed by atoms with Crippen LogP contribution in [0, 0.1) is 0 Å². The van der Waals surface area contributed by atoms with Gasteiger partial charge in [-0.05, 0) is 5.57 Å². The Bertz CT molecular complexity index is 1440. The van der Waals surface area contributed by atoms with Gasteiger partial charge < -0.3 is 21.0 Å². The normalized spacial score (nSPS) is 14.8. The smallest absolute Gasteiger partial charge is 0.353 e. The van der Waals surface area contributed by atoms with E-state index >= 15 is 0 Å². The van der Waals surface area contributed by atoms with Crippen LogP contribution in [0.5, 0.6) is 0 Å². The van der Waals surface area contributed by atoms with Crippen LogP contribution in [0.3, 0.4) is 0 Å². The van der Waals surface area contributed by atoms with Crippen molar-refractivity contribution >= 4 is 70.3 Å². The van der Waals surface area contributed by atoms with Crippen LogP contribution < -0.4 is 22.2 Å². The summed E-state index contributed by atoms with van der Waals surface area (Å²) in [4.78, 5) is 85.6. The topological polar surface area (TPSA) is 232 Å². The van der Waals surface area contributed by atoms with Gasteiger partial charge in [-0.3, -0.25) is 33.8 Å². The van der Waals surface area contributed by atoms with Crippen LogP contribution in [-0.4, -0.2) is 83.8 Å². The largest absolute Gasteiger partial charge is 0.477 e. The van der Waals surface area contributed by atoms with Gasteiger partial charge in [-0.15, -0.1) is 11.3 Å². The van der Waals surface area contributed by atoms with Crippen molar-refractivity contribution in [2.24, 2.45) is 12.2 Å². The van der Waals surface area contributed by atoms with E-state index in [1.54, 1.807) is 0 Å². The van der Waals surface area contributed by atoms with E-state index in [2.05, 4.69) is 43.0 Å². The summed E-state index contributed by atoms with van der Waals surface area (Å²) in [6, 6.07) is -1.68. The van der Waals surface area contributed by atoms with E-state index < -0.39 is 46.5 Å². The number of thiazole rings is 1. The molecule has 0 aliphatic carbocycles. The van der Waals surface area contributed by atoms with Gasteiger partial charge in [0.1, 0.15) is 18.5 Å². The number of aromatic amines is 1. The number of nitrogens with two attached hydrogens (primary N) is 1. The maximum atomic E-state index is 12.8. The van der Waals surface area contributed by atoms with Crippen LogP contribution in [-0.2, 0) is 31.1 Å². The molecule has 0 atom stereocenters. The van der Waals surface area contributed by atoms with Gasteiger partial charge in [0.15, 0.2) is 22.0 Å². The number of carbonyl (C=O) groups is 4. The Kier molecular flexibility index (Phi) is 8.50. The lowest BCUT2D eigenvalue weighted by Gasteiger charge is -2.36. The number of H-pyrrole nitrogens is 1. The van der Waals surface area contributed by atoms with Crippen LogP contribution in [0.15, 0.2) is 36.6 Å². The first-order valence-electron chi connectivity index (χ1n) is 9.87. The fraction of sp³-hybridized carbons (Fsp3) is 0.278. The van der Waals surface area contributed by atoms with E-state index in [4.69, 9.17) is 5.73 Å². The van der Waals surface area contributed by atoms with Crippen molar-refractivity contribution in [1.29, 1.82) is 0 Å². The lowest BCUT2D eigenvalue weighted by molar-refractivity contribution is -0.162. The molecular weight excluding hydrogens is 552 g/mol. The molecule has 3 rings (SSSR count). The SMILES string of the molecule is CO/N=C(\C(=O)NC1C(=O)N(C(C(=O)O)=C(CS)CSc2nc(=O)c(=O)[nH]n2C)C1=O)c1csc(N)n1. The highest BCUT2D eigenvalue weighted by Gasteiger charge is 2.52. The van der Waals surface area contributed by atoms with Crippen molar-refractivity contribution in [3.63, 3.8) is 0 Å². The minimum Gasteiger partial charge on any atom is -0.477 e. The Hall–Kier alpha value is -3.97. The first-order valence-corrected chi connectivity index (χ1v) is 12.4. The van der Waals surface area contributed by atoms with Gasteiger partial charge in [-0.1, -0.05) is 16.9 Å². The number of carboxylic acid groups (broad SMARTS) is 1. The van der Waals surface area contributed by atoms with E-state index in [9.17, 15) is 33.9 Å². The standard InChI is InChI=1S/C18H18N8O8S3/c1-25-18(22-12(28)13(29)23-25)37-4-6(3-35)10(16(32)33)26-14(30)9(15(26)31)21-11(27)8(24-34-2)7-5-36-17(19)20-7/h5,9,35H,3-4H2,1-2H3,(H2,19,20)(H,21,27)(H,23,29)(H,32,33)/b10-6?,24-8-. The predicted molar refractivity (Wildman–Crippen MR) is 133 cm³/mol. The highest BCUT2D eigenvalue weighted by Crippen LogP contribution is 2.26. The van der Waals surface area contributed by atoms with Gasteiger partial charge in [0.05, 0.1) is 0 Å². The van der Waals surface area contributed by atoms with Gasteiger partial charge >= 0.3 is 17.1 Å². The number of anilines is 1. The number of nitrogens with one attached hydrogen (secondary N) is 2. The quantitative estimate of drug-likeness (QED) is 0.0299. The molecule has 16 nitrogen and oxygen atoms in total. The number of thioether (sulfide) groups is 1. The molecule has 0 unspecified atom stereocenters. The molecule has 1 aliphatic rings. The molecule has 2 aromatic heterocycles. The number of aliphatic carboxylic acids is 1. The molecule has 2 aromatic rings. The molecule has 1 fully saturated rings. The van der Waals surface area contributed by atoms with Gasteiger partial charge in [-0.2, -0.15) is 17.6 Å². The molecule has 3 heterocycles. The summed E-state index contributed by atoms with van der Waals surface area (Å²) in [5, 5.41) is 19.3. The molecule has 37 heavy (non-hydrogen) atoms. The number of thiol groups is 1. The number of likely N-dealkylation sites (tertiary alicyclic amines) is 1. The van der Waals surface area contributed by atoms with Crippen molar-refractivity contribution in [3.05, 3.63) is 43.1 Å². The average molecular weight is 571 g/mol. The summed E-state index contributed by atoms with van der Waals surface area (Å²) in [5.41, 5.74) is 2.65. The molecule has 1 saturated heterocycles. The summed E-state index contributed by atoms with van der Waals surface area (Å²) in [6.07, 6.45) is 0. The zero-order chi connectivity index (χ0) is 27.4. The number of imide groups is 1. The Labute approximate surface area is 220 Å². The second-order valence-electron chi connectivity index (χ2n) is 7.02. The fourth-order valence-corrected chi connectivity index (χ4v) is 4.87. The number of hydrogen-bond donors (Lipinski definition) is 5. The molecule has 5 N–H and O–H groups in total. The first kappa shape index (κ1) is 27.6. The molecular formula is C18H18N8O8S3. The third-order valence-electron chi connectivity index (χ3n) is 4.65. The number of aromatic nitrogens is 4. The van der Waals surface area contributed by atoms with E-state index in [1.165, 1.54) is 19.5 Å². The lowest BCUT2D eigenvalue weighted by Crippen LogP contribution is -2.68. The first-order chi connectivity index (χ1) is 17.5. The van der Waals surface area contributed by atoms with E-state index in [0.717, 1.165) is 27.8 Å². The second-order valence-corrected chi connectivity index (χ2v) is 9.16. The molecule has 0 bridgehead atoms. The van der Waals surface area contributed by atoms with Crippen molar-refractivity contribution < 1.29 is 29.1 Å². The lowest BCUT2D eigenvalue weighted by atomic mass is 10.0. The highest BCUT2D eigenvalue weighted by atomic mass is 32.2. The van der Waals surface area contributed by atoms with Crippen molar-refractivity contribution in [2.75, 3.05) is 24.3 Å². The van der Waals surface area contributed by atoms with Crippen LogP contribution in [0.2, 0.25) is 0 Å². The Morgan fingerprint density at radius 3 is 2.54 bits per heavy atom. The highest BCUT2D eigenvalue weighted by molar-refractivity contribution is 7.99. The number of β-lactam (4-membered cyclic amide) rings is 2. The maximum Gasteiger partial charge on any atom is 0.353 e. The van der Waals surface area contributed by atoms with Gasteiger partial charge in [0, 0.05) is 23.9 Å². The minimum absolute atomic E-state index is 0.0346. The number of rotatable bonds is 10. The molecule has 0 radical (unpaired) electrons. The van der Waals surface area contributed by atoms with Crippen LogP contribution in [0.25, 0.3) is 0 Å². The average Bonchev–Trinajstić information content (AvgIpc) is 3.28. The van der Waals surface area contributed by atoms with Gasteiger partial charge in [-0.25, -0.2) is 14.7 Å². The molecule has 0 spiro atoms. The van der Waals surface area contributed by atoms with Crippen LogP contribution in [0.4, 0.5) is 5.13 Å². The number of hydrogen-bond acceptors (Lipinski definition) is 14. The predicted octanol–water partition coefficient (Wildman–Crippen LogP) is -2.23. The van der Waals surface area contributed by atoms with Crippen molar-refractivity contribution in [2.45, 2.75) is 11.2 Å². The minimum atomic E-state index is -1.68. The summed E-state index contributed by atoms with van der Waals surface area (Å²) >= 11 is 5.99. The summed E-state index contributed by atoms with van der Waals surface area (Å²) in [7, 11) is 2.58. The zero-order valence-electron chi connectivity index (χ0n) is 19.0. The van der Waals surface area contributed by atoms with Crippen LogP contribution >= 0.6 is 35.7 Å². The molecule has 19 heteroatoms. The number of oxime groups is 1. The molecule has 0 saturated carbocycles. The Morgan fingerprint density at radius 2 is 2.00 bits per heavy atom. The number of amides is 3. The maximum absolute atomic E-state index is 12.8. The number of nitrogens with zero attached hydrogens (tertiary/aromatic N) is 5. The Balaban J connectivity index is 1.82. The number of carboxylic acids is 1. The number of nitrogen functional groups attached to an aromatic ring is 1. The molecule has 3 amide bonds. The van der Waals surface area contributed by atoms with Gasteiger partial charge in [0.25, 0.3) is 17.7 Å². The van der Waals surface area contributed by atoms with E-state index in [0.29, 0.717) is 4.90 Å². The second kappa shape index (κ2) is 11.4. The van der Waals surface area contributed by atoms with Crippen LogP contribution in [0.1, 0.15) is 5.69 Å². The number of aryl methyl sites for hydroxylation is 1.